The average Bonchev–Trinajstić information content (AvgIpc) is 2.78. The number of aliphatic carboxylic acids is 1. The summed E-state index contributed by atoms with van der Waals surface area (Å²) in [5, 5.41) is 12.1. The van der Waals surface area contributed by atoms with E-state index in [-0.39, 0.29) is 6.10 Å². The molecule has 0 amide bonds. The summed E-state index contributed by atoms with van der Waals surface area (Å²) in [6.07, 6.45) is 1.88. The zero-order valence-corrected chi connectivity index (χ0v) is 11.1. The second-order valence-corrected chi connectivity index (χ2v) is 4.48. The minimum atomic E-state index is -0.818. The molecule has 0 aliphatic heterocycles. The molecular weight excluding hydrogens is 238 g/mol. The predicted molar refractivity (Wildman–Crippen MR) is 65.7 cm³/mol. The SMILES string of the molecule is CNC1(C(=O)O)CCC(OCCOCCOC)C1. The van der Waals surface area contributed by atoms with Gasteiger partial charge in [0.25, 0.3) is 0 Å². The first kappa shape index (κ1) is 15.4. The van der Waals surface area contributed by atoms with Gasteiger partial charge in [0.1, 0.15) is 5.54 Å². The fraction of sp³-hybridized carbons (Fsp3) is 0.917. The molecule has 106 valence electrons. The lowest BCUT2D eigenvalue weighted by atomic mass is 9.98. The fourth-order valence-corrected chi connectivity index (χ4v) is 2.19. The van der Waals surface area contributed by atoms with E-state index in [0.29, 0.717) is 39.3 Å². The Hall–Kier alpha value is -0.690. The minimum Gasteiger partial charge on any atom is -0.480 e. The van der Waals surface area contributed by atoms with Gasteiger partial charge in [0.15, 0.2) is 0 Å². The maximum Gasteiger partial charge on any atom is 0.323 e. The summed E-state index contributed by atoms with van der Waals surface area (Å²) in [5.74, 6) is -0.799. The summed E-state index contributed by atoms with van der Waals surface area (Å²) in [5.41, 5.74) is -0.818. The first-order chi connectivity index (χ1) is 8.64. The van der Waals surface area contributed by atoms with Crippen LogP contribution < -0.4 is 5.32 Å². The van der Waals surface area contributed by atoms with Crippen molar-refractivity contribution in [3.63, 3.8) is 0 Å². The highest BCUT2D eigenvalue weighted by Gasteiger charge is 2.44. The van der Waals surface area contributed by atoms with Crippen LogP contribution in [0.2, 0.25) is 0 Å². The summed E-state index contributed by atoms with van der Waals surface area (Å²) < 4.78 is 15.7. The van der Waals surface area contributed by atoms with Crippen LogP contribution in [0.4, 0.5) is 0 Å². The summed E-state index contributed by atoms with van der Waals surface area (Å²) in [4.78, 5) is 11.2. The Morgan fingerprint density at radius 2 is 2.11 bits per heavy atom. The van der Waals surface area contributed by atoms with Gasteiger partial charge >= 0.3 is 5.97 Å². The van der Waals surface area contributed by atoms with Crippen LogP contribution in [-0.4, -0.2) is 63.3 Å². The number of carboxylic acid groups (broad SMARTS) is 1. The van der Waals surface area contributed by atoms with Crippen LogP contribution in [0.5, 0.6) is 0 Å². The molecule has 1 aliphatic carbocycles. The number of nitrogens with one attached hydrogen (secondary N) is 1. The third kappa shape index (κ3) is 4.20. The first-order valence-corrected chi connectivity index (χ1v) is 6.25. The van der Waals surface area contributed by atoms with Gasteiger partial charge in [-0.25, -0.2) is 0 Å². The third-order valence-corrected chi connectivity index (χ3v) is 3.37. The molecule has 1 aliphatic rings. The zero-order chi connectivity index (χ0) is 13.4. The number of hydrogen-bond acceptors (Lipinski definition) is 5. The average molecular weight is 261 g/mol. The Labute approximate surface area is 108 Å². The topological polar surface area (TPSA) is 77.0 Å². The van der Waals surface area contributed by atoms with Crippen LogP contribution >= 0.6 is 0 Å². The van der Waals surface area contributed by atoms with Gasteiger partial charge in [0, 0.05) is 13.5 Å². The number of carboxylic acids is 1. The molecule has 6 heteroatoms. The van der Waals surface area contributed by atoms with E-state index >= 15 is 0 Å². The highest BCUT2D eigenvalue weighted by molar-refractivity contribution is 5.79. The standard InChI is InChI=1S/C12H23NO5/c1-13-12(11(14)15)4-3-10(9-12)18-8-7-17-6-5-16-2/h10,13H,3-9H2,1-2H3,(H,14,15). The van der Waals surface area contributed by atoms with Crippen molar-refractivity contribution in [2.24, 2.45) is 0 Å². The van der Waals surface area contributed by atoms with Crippen LogP contribution in [-0.2, 0) is 19.0 Å². The molecule has 18 heavy (non-hydrogen) atoms. The van der Waals surface area contributed by atoms with Crippen LogP contribution in [0.25, 0.3) is 0 Å². The van der Waals surface area contributed by atoms with Crippen molar-refractivity contribution in [1.82, 2.24) is 5.32 Å². The molecule has 2 N–H and O–H groups in total. The molecule has 6 nitrogen and oxygen atoms in total. The van der Waals surface area contributed by atoms with Gasteiger partial charge < -0.3 is 24.6 Å². The van der Waals surface area contributed by atoms with Crippen LogP contribution in [0.1, 0.15) is 19.3 Å². The third-order valence-electron chi connectivity index (χ3n) is 3.37. The molecule has 0 heterocycles. The van der Waals surface area contributed by atoms with Gasteiger partial charge in [-0.15, -0.1) is 0 Å². The quantitative estimate of drug-likeness (QED) is 0.580. The zero-order valence-electron chi connectivity index (χ0n) is 11.1. The number of methoxy groups -OCH3 is 1. The van der Waals surface area contributed by atoms with Gasteiger partial charge in [0.2, 0.25) is 0 Å². The molecule has 2 atom stereocenters. The molecule has 0 aromatic rings. The summed E-state index contributed by atoms with van der Waals surface area (Å²) >= 11 is 0. The molecule has 0 saturated heterocycles. The normalized spacial score (nSPS) is 27.6. The largest absolute Gasteiger partial charge is 0.480 e. The van der Waals surface area contributed by atoms with Gasteiger partial charge in [-0.1, -0.05) is 0 Å². The first-order valence-electron chi connectivity index (χ1n) is 6.25. The van der Waals surface area contributed by atoms with E-state index in [2.05, 4.69) is 5.32 Å². The monoisotopic (exact) mass is 261 g/mol. The van der Waals surface area contributed by atoms with Gasteiger partial charge in [-0.05, 0) is 19.9 Å². The summed E-state index contributed by atoms with van der Waals surface area (Å²) in [6.45, 7) is 2.14. The van der Waals surface area contributed by atoms with Crippen molar-refractivity contribution < 1.29 is 24.1 Å². The Balaban J connectivity index is 2.16. The number of hydrogen-bond donors (Lipinski definition) is 2. The van der Waals surface area contributed by atoms with E-state index in [0.717, 1.165) is 6.42 Å². The van der Waals surface area contributed by atoms with Gasteiger partial charge in [-0.3, -0.25) is 4.79 Å². The molecule has 1 saturated carbocycles. The smallest absolute Gasteiger partial charge is 0.323 e. The van der Waals surface area contributed by atoms with Crippen molar-refractivity contribution in [3.8, 4) is 0 Å². The van der Waals surface area contributed by atoms with Crippen LogP contribution in [0.15, 0.2) is 0 Å². The minimum absolute atomic E-state index is 0.000393. The number of rotatable bonds is 9. The van der Waals surface area contributed by atoms with E-state index in [1.165, 1.54) is 0 Å². The lowest BCUT2D eigenvalue weighted by molar-refractivity contribution is -0.144. The van der Waals surface area contributed by atoms with Crippen LogP contribution in [0, 0.1) is 0 Å². The maximum absolute atomic E-state index is 11.2. The van der Waals surface area contributed by atoms with Crippen molar-refractivity contribution >= 4 is 5.97 Å². The lowest BCUT2D eigenvalue weighted by Crippen LogP contribution is -2.48. The number of carbonyl (C=O) groups is 1. The molecule has 0 aromatic heterocycles. The maximum atomic E-state index is 11.2. The van der Waals surface area contributed by atoms with Crippen molar-refractivity contribution in [1.29, 1.82) is 0 Å². The Bertz CT molecular complexity index is 261. The summed E-state index contributed by atoms with van der Waals surface area (Å²) in [6, 6.07) is 0. The number of likely N-dealkylation sites (N-methyl/N-ethyl adjacent to an activating group) is 1. The second-order valence-electron chi connectivity index (χ2n) is 4.48. The Morgan fingerprint density at radius 1 is 1.39 bits per heavy atom. The predicted octanol–water partition coefficient (Wildman–Crippen LogP) is 0.261. The lowest BCUT2D eigenvalue weighted by Gasteiger charge is -2.23. The molecule has 0 radical (unpaired) electrons. The molecular formula is C12H23NO5. The molecule has 2 unspecified atom stereocenters. The van der Waals surface area contributed by atoms with Crippen LogP contribution in [0.3, 0.4) is 0 Å². The molecule has 0 bridgehead atoms. The molecule has 1 rings (SSSR count). The van der Waals surface area contributed by atoms with Gasteiger partial charge in [0.05, 0.1) is 32.5 Å². The summed E-state index contributed by atoms with van der Waals surface area (Å²) in [7, 11) is 3.31. The molecule has 0 aromatic carbocycles. The number of ether oxygens (including phenoxy) is 3. The highest BCUT2D eigenvalue weighted by atomic mass is 16.5. The van der Waals surface area contributed by atoms with Gasteiger partial charge in [-0.2, -0.15) is 0 Å². The van der Waals surface area contributed by atoms with E-state index in [9.17, 15) is 9.90 Å². The second kappa shape index (κ2) is 7.68. The van der Waals surface area contributed by atoms with E-state index in [4.69, 9.17) is 14.2 Å². The Kier molecular flexibility index (Phi) is 6.56. The fourth-order valence-electron chi connectivity index (χ4n) is 2.19. The van der Waals surface area contributed by atoms with E-state index in [1.807, 2.05) is 0 Å². The molecule has 1 fully saturated rings. The van der Waals surface area contributed by atoms with Crippen molar-refractivity contribution in [2.45, 2.75) is 30.9 Å². The van der Waals surface area contributed by atoms with Crippen molar-refractivity contribution in [2.75, 3.05) is 40.6 Å². The van der Waals surface area contributed by atoms with E-state index in [1.54, 1.807) is 14.2 Å². The molecule has 0 spiro atoms. The van der Waals surface area contributed by atoms with Crippen molar-refractivity contribution in [3.05, 3.63) is 0 Å². The highest BCUT2D eigenvalue weighted by Crippen LogP contribution is 2.31. The Morgan fingerprint density at radius 3 is 2.67 bits per heavy atom. The van der Waals surface area contributed by atoms with E-state index < -0.39 is 11.5 Å².